The first-order valence-electron chi connectivity index (χ1n) is 4.85. The predicted molar refractivity (Wildman–Crippen MR) is 62.5 cm³/mol. The van der Waals surface area contributed by atoms with Crippen LogP contribution >= 0.6 is 15.9 Å². The van der Waals surface area contributed by atoms with E-state index in [-0.39, 0.29) is 0 Å². The van der Waals surface area contributed by atoms with Crippen LogP contribution in [0.15, 0.2) is 16.9 Å². The average Bonchev–Trinajstić information content (AvgIpc) is 2.18. The first kappa shape index (κ1) is 11.4. The van der Waals surface area contributed by atoms with Crippen molar-refractivity contribution >= 4 is 21.9 Å². The normalized spacial score (nSPS) is 12.6. The lowest BCUT2D eigenvalue weighted by atomic mass is 10.2. The second-order valence-electron chi connectivity index (χ2n) is 3.45. The number of anilines is 1. The topological polar surface area (TPSA) is 29.0 Å². The van der Waals surface area contributed by atoms with Gasteiger partial charge in [0.15, 0.2) is 0 Å². The van der Waals surface area contributed by atoms with Crippen LogP contribution in [0.4, 0.5) is 5.95 Å². The minimum Gasteiger partial charge on any atom is -0.341 e. The van der Waals surface area contributed by atoms with Crippen molar-refractivity contribution in [3.63, 3.8) is 0 Å². The summed E-state index contributed by atoms with van der Waals surface area (Å²) in [4.78, 5) is 10.6. The van der Waals surface area contributed by atoms with Crippen LogP contribution in [0.3, 0.4) is 0 Å². The zero-order valence-electron chi connectivity index (χ0n) is 8.87. The molecule has 1 unspecified atom stereocenters. The molecule has 1 rings (SSSR count). The summed E-state index contributed by atoms with van der Waals surface area (Å²) in [6.07, 6.45) is 5.90. The predicted octanol–water partition coefficient (Wildman–Crippen LogP) is 2.86. The summed E-state index contributed by atoms with van der Waals surface area (Å²) >= 11 is 3.32. The Hall–Kier alpha value is -0.640. The third-order valence-electron chi connectivity index (χ3n) is 2.29. The Labute approximate surface area is 93.7 Å². The lowest BCUT2D eigenvalue weighted by Crippen LogP contribution is -2.30. The molecule has 1 atom stereocenters. The molecule has 0 saturated carbocycles. The number of halogens is 1. The third kappa shape index (κ3) is 2.94. The van der Waals surface area contributed by atoms with Crippen LogP contribution in [0.2, 0.25) is 0 Å². The Morgan fingerprint density at radius 3 is 2.50 bits per heavy atom. The fourth-order valence-electron chi connectivity index (χ4n) is 1.30. The summed E-state index contributed by atoms with van der Waals surface area (Å²) in [5.74, 6) is 0.786. The Morgan fingerprint density at radius 2 is 2.00 bits per heavy atom. The summed E-state index contributed by atoms with van der Waals surface area (Å²) in [7, 11) is 2.03. The molecule has 0 aliphatic rings. The Morgan fingerprint density at radius 1 is 1.43 bits per heavy atom. The first-order chi connectivity index (χ1) is 6.65. The molecule has 0 fully saturated rings. The van der Waals surface area contributed by atoms with Gasteiger partial charge in [0.2, 0.25) is 5.95 Å². The van der Waals surface area contributed by atoms with Crippen LogP contribution in [-0.2, 0) is 0 Å². The second kappa shape index (κ2) is 5.29. The highest BCUT2D eigenvalue weighted by Crippen LogP contribution is 2.13. The maximum Gasteiger partial charge on any atom is 0.225 e. The summed E-state index contributed by atoms with van der Waals surface area (Å²) in [6.45, 7) is 4.38. The number of nitrogens with zero attached hydrogens (tertiary/aromatic N) is 3. The Kier molecular flexibility index (Phi) is 4.32. The molecule has 3 nitrogen and oxygen atoms in total. The second-order valence-corrected chi connectivity index (χ2v) is 4.37. The Bertz CT molecular complexity index is 273. The maximum atomic E-state index is 4.25. The highest BCUT2D eigenvalue weighted by molar-refractivity contribution is 9.10. The summed E-state index contributed by atoms with van der Waals surface area (Å²) in [5, 5.41) is 0. The van der Waals surface area contributed by atoms with E-state index in [4.69, 9.17) is 0 Å². The van der Waals surface area contributed by atoms with Crippen molar-refractivity contribution < 1.29 is 0 Å². The minimum absolute atomic E-state index is 0.487. The van der Waals surface area contributed by atoms with Gasteiger partial charge < -0.3 is 4.90 Å². The van der Waals surface area contributed by atoms with E-state index in [1.165, 1.54) is 6.42 Å². The van der Waals surface area contributed by atoms with Crippen molar-refractivity contribution in [3.8, 4) is 0 Å². The van der Waals surface area contributed by atoms with Crippen molar-refractivity contribution in [1.29, 1.82) is 0 Å². The molecule has 0 N–H and O–H groups in total. The molecule has 78 valence electrons. The van der Waals surface area contributed by atoms with Gasteiger partial charge in [-0.1, -0.05) is 13.3 Å². The molecular weight excluding hydrogens is 242 g/mol. The smallest absolute Gasteiger partial charge is 0.225 e. The van der Waals surface area contributed by atoms with E-state index in [0.29, 0.717) is 6.04 Å². The van der Waals surface area contributed by atoms with Gasteiger partial charge in [-0.3, -0.25) is 0 Å². The summed E-state index contributed by atoms with van der Waals surface area (Å²) < 4.78 is 0.915. The molecule has 0 amide bonds. The first-order valence-corrected chi connectivity index (χ1v) is 5.64. The molecule has 0 saturated heterocycles. The minimum atomic E-state index is 0.487. The van der Waals surface area contributed by atoms with Gasteiger partial charge in [-0.2, -0.15) is 0 Å². The number of rotatable bonds is 4. The van der Waals surface area contributed by atoms with E-state index in [9.17, 15) is 0 Å². The van der Waals surface area contributed by atoms with Gasteiger partial charge in [-0.15, -0.1) is 0 Å². The van der Waals surface area contributed by atoms with Gasteiger partial charge >= 0.3 is 0 Å². The molecule has 0 aliphatic heterocycles. The Balaban J connectivity index is 2.68. The standard InChI is InChI=1S/C10H16BrN3/c1-4-5-8(2)14(3)10-12-6-9(11)7-13-10/h6-8H,4-5H2,1-3H3. The highest BCUT2D eigenvalue weighted by Gasteiger charge is 2.10. The number of hydrogen-bond donors (Lipinski definition) is 0. The van der Waals surface area contributed by atoms with Crippen LogP contribution in [0, 0.1) is 0 Å². The number of aromatic nitrogens is 2. The van der Waals surface area contributed by atoms with Crippen LogP contribution < -0.4 is 4.90 Å². The largest absolute Gasteiger partial charge is 0.341 e. The van der Waals surface area contributed by atoms with Gasteiger partial charge in [0, 0.05) is 25.5 Å². The molecule has 1 aromatic heterocycles. The van der Waals surface area contributed by atoms with Gasteiger partial charge in [0.25, 0.3) is 0 Å². The van der Waals surface area contributed by atoms with E-state index in [2.05, 4.69) is 44.6 Å². The van der Waals surface area contributed by atoms with Crippen LogP contribution in [0.25, 0.3) is 0 Å². The molecule has 0 aliphatic carbocycles. The van der Waals surface area contributed by atoms with E-state index in [0.717, 1.165) is 16.8 Å². The molecule has 4 heteroatoms. The summed E-state index contributed by atoms with van der Waals surface area (Å²) in [6, 6.07) is 0.487. The zero-order chi connectivity index (χ0) is 10.6. The molecule has 1 aromatic rings. The van der Waals surface area contributed by atoms with Crippen LogP contribution in [-0.4, -0.2) is 23.1 Å². The molecule has 0 spiro atoms. The van der Waals surface area contributed by atoms with Crippen molar-refractivity contribution in [2.75, 3.05) is 11.9 Å². The van der Waals surface area contributed by atoms with Crippen molar-refractivity contribution in [2.24, 2.45) is 0 Å². The monoisotopic (exact) mass is 257 g/mol. The van der Waals surface area contributed by atoms with E-state index in [1.807, 2.05) is 7.05 Å². The van der Waals surface area contributed by atoms with Crippen LogP contribution in [0.5, 0.6) is 0 Å². The molecular formula is C10H16BrN3. The van der Waals surface area contributed by atoms with E-state index >= 15 is 0 Å². The van der Waals surface area contributed by atoms with Gasteiger partial charge in [0.1, 0.15) is 0 Å². The lowest BCUT2D eigenvalue weighted by molar-refractivity contribution is 0.605. The fourth-order valence-corrected chi connectivity index (χ4v) is 1.50. The zero-order valence-corrected chi connectivity index (χ0v) is 10.5. The number of hydrogen-bond acceptors (Lipinski definition) is 3. The van der Waals surface area contributed by atoms with Crippen LogP contribution in [0.1, 0.15) is 26.7 Å². The molecule has 14 heavy (non-hydrogen) atoms. The molecule has 1 heterocycles. The van der Waals surface area contributed by atoms with E-state index < -0.39 is 0 Å². The average molecular weight is 258 g/mol. The molecule has 0 aromatic carbocycles. The quantitative estimate of drug-likeness (QED) is 0.831. The lowest BCUT2D eigenvalue weighted by Gasteiger charge is -2.24. The van der Waals surface area contributed by atoms with Crippen molar-refractivity contribution in [1.82, 2.24) is 9.97 Å². The third-order valence-corrected chi connectivity index (χ3v) is 2.70. The van der Waals surface area contributed by atoms with Crippen molar-refractivity contribution in [3.05, 3.63) is 16.9 Å². The van der Waals surface area contributed by atoms with Crippen molar-refractivity contribution in [2.45, 2.75) is 32.7 Å². The summed E-state index contributed by atoms with van der Waals surface area (Å²) in [5.41, 5.74) is 0. The van der Waals surface area contributed by atoms with Gasteiger partial charge in [-0.25, -0.2) is 9.97 Å². The van der Waals surface area contributed by atoms with E-state index in [1.54, 1.807) is 12.4 Å². The maximum absolute atomic E-state index is 4.25. The SMILES string of the molecule is CCCC(C)N(C)c1ncc(Br)cn1. The van der Waals surface area contributed by atoms with Gasteiger partial charge in [-0.05, 0) is 29.3 Å². The highest BCUT2D eigenvalue weighted by atomic mass is 79.9. The fraction of sp³-hybridized carbons (Fsp3) is 0.600. The van der Waals surface area contributed by atoms with Gasteiger partial charge in [0.05, 0.1) is 4.47 Å². The molecule has 0 bridgehead atoms. The molecule has 0 radical (unpaired) electrons.